The van der Waals surface area contributed by atoms with E-state index in [0.29, 0.717) is 13.1 Å². The zero-order chi connectivity index (χ0) is 17.3. The summed E-state index contributed by atoms with van der Waals surface area (Å²) in [6.07, 6.45) is 0. The third-order valence-electron chi connectivity index (χ3n) is 4.39. The van der Waals surface area contributed by atoms with Gasteiger partial charge in [-0.15, -0.1) is 0 Å². The molecule has 1 heterocycles. The Morgan fingerprint density at radius 1 is 0.917 bits per heavy atom. The molecule has 1 aliphatic heterocycles. The summed E-state index contributed by atoms with van der Waals surface area (Å²) in [6, 6.07) is 15.1. The summed E-state index contributed by atoms with van der Waals surface area (Å²) in [5.74, 6) is -0.440. The molecule has 2 aromatic carbocycles. The molecule has 0 saturated carbocycles. The molecule has 0 N–H and O–H groups in total. The van der Waals surface area contributed by atoms with Crippen LogP contribution in [0.25, 0.3) is 0 Å². The highest BCUT2D eigenvalue weighted by Crippen LogP contribution is 2.27. The van der Waals surface area contributed by atoms with Crippen molar-refractivity contribution < 1.29 is 12.8 Å². The minimum atomic E-state index is -3.61. The van der Waals surface area contributed by atoms with Gasteiger partial charge in [0.1, 0.15) is 5.82 Å². The van der Waals surface area contributed by atoms with Crippen LogP contribution in [0.3, 0.4) is 0 Å². The van der Waals surface area contributed by atoms with Gasteiger partial charge in [0.25, 0.3) is 0 Å². The summed E-state index contributed by atoms with van der Waals surface area (Å²) in [7, 11) is -3.61. The van der Waals surface area contributed by atoms with Crippen molar-refractivity contribution in [1.82, 2.24) is 4.31 Å². The lowest BCUT2D eigenvalue weighted by molar-refractivity contribution is 0.301. The molecule has 1 fully saturated rings. The molecule has 128 valence electrons. The highest BCUT2D eigenvalue weighted by Gasteiger charge is 2.36. The van der Waals surface area contributed by atoms with E-state index in [1.165, 1.54) is 28.6 Å². The van der Waals surface area contributed by atoms with Gasteiger partial charge in [-0.1, -0.05) is 18.2 Å². The number of sulfonamides is 1. The third kappa shape index (κ3) is 3.16. The Bertz CT molecular complexity index is 782. The minimum Gasteiger partial charge on any atom is -0.363 e. The molecule has 24 heavy (non-hydrogen) atoms. The van der Waals surface area contributed by atoms with Gasteiger partial charge in [-0.25, -0.2) is 12.8 Å². The maximum atomic E-state index is 13.1. The Balaban J connectivity index is 1.84. The van der Waals surface area contributed by atoms with Crippen LogP contribution in [0, 0.1) is 5.82 Å². The summed E-state index contributed by atoms with van der Waals surface area (Å²) < 4.78 is 40.2. The van der Waals surface area contributed by atoms with E-state index in [4.69, 9.17) is 0 Å². The normalized spacial score (nSPS) is 22.5. The van der Waals surface area contributed by atoms with Crippen molar-refractivity contribution in [2.24, 2.45) is 0 Å². The number of hydrogen-bond acceptors (Lipinski definition) is 3. The van der Waals surface area contributed by atoms with Crippen molar-refractivity contribution >= 4 is 15.7 Å². The fourth-order valence-electron chi connectivity index (χ4n) is 3.34. The fourth-order valence-corrected chi connectivity index (χ4v) is 4.94. The number of rotatable bonds is 3. The van der Waals surface area contributed by atoms with Crippen LogP contribution in [0.1, 0.15) is 13.8 Å². The molecule has 0 spiro atoms. The molecule has 3 rings (SSSR count). The second kappa shape index (κ2) is 6.53. The molecule has 1 aliphatic rings. The fraction of sp³-hybridized carbons (Fsp3) is 0.333. The van der Waals surface area contributed by atoms with E-state index in [1.54, 1.807) is 0 Å². The second-order valence-corrected chi connectivity index (χ2v) is 8.15. The van der Waals surface area contributed by atoms with Crippen LogP contribution in [-0.4, -0.2) is 37.9 Å². The molecule has 0 bridgehead atoms. The second-order valence-electron chi connectivity index (χ2n) is 6.22. The van der Waals surface area contributed by atoms with Crippen LogP contribution in [0.2, 0.25) is 0 Å². The molecule has 0 amide bonds. The number of halogens is 1. The van der Waals surface area contributed by atoms with Crippen LogP contribution < -0.4 is 4.90 Å². The van der Waals surface area contributed by atoms with E-state index in [2.05, 4.69) is 4.90 Å². The van der Waals surface area contributed by atoms with Gasteiger partial charge in [-0.2, -0.15) is 4.31 Å². The SMILES string of the molecule is CC1CN(S(=O)(=O)c2ccc(F)cc2)CC(C)N1c1ccccc1. The maximum Gasteiger partial charge on any atom is 0.243 e. The van der Waals surface area contributed by atoms with Crippen LogP contribution in [0.5, 0.6) is 0 Å². The smallest absolute Gasteiger partial charge is 0.243 e. The summed E-state index contributed by atoms with van der Waals surface area (Å²) in [4.78, 5) is 2.38. The van der Waals surface area contributed by atoms with Crippen LogP contribution >= 0.6 is 0 Å². The molecule has 2 atom stereocenters. The maximum absolute atomic E-state index is 13.1. The summed E-state index contributed by atoms with van der Waals surface area (Å²) in [5, 5.41) is 0. The minimum absolute atomic E-state index is 0.0476. The molecule has 0 aromatic heterocycles. The van der Waals surface area contributed by atoms with Gasteiger partial charge in [0.2, 0.25) is 10.0 Å². The van der Waals surface area contributed by atoms with E-state index in [-0.39, 0.29) is 17.0 Å². The number of anilines is 1. The van der Waals surface area contributed by atoms with Gasteiger partial charge in [-0.3, -0.25) is 0 Å². The molecule has 6 heteroatoms. The van der Waals surface area contributed by atoms with Crippen molar-refractivity contribution in [2.45, 2.75) is 30.8 Å². The lowest BCUT2D eigenvalue weighted by Gasteiger charge is -2.45. The highest BCUT2D eigenvalue weighted by molar-refractivity contribution is 7.89. The van der Waals surface area contributed by atoms with E-state index in [9.17, 15) is 12.8 Å². The Hall–Kier alpha value is -1.92. The monoisotopic (exact) mass is 348 g/mol. The van der Waals surface area contributed by atoms with Crippen molar-refractivity contribution in [3.8, 4) is 0 Å². The van der Waals surface area contributed by atoms with Gasteiger partial charge in [0.05, 0.1) is 4.90 Å². The topological polar surface area (TPSA) is 40.6 Å². The molecular formula is C18H21FN2O2S. The predicted molar refractivity (Wildman–Crippen MR) is 93.0 cm³/mol. The van der Waals surface area contributed by atoms with Crippen LogP contribution in [0.15, 0.2) is 59.5 Å². The van der Waals surface area contributed by atoms with Gasteiger partial charge >= 0.3 is 0 Å². The first kappa shape index (κ1) is 16.9. The molecule has 4 nitrogen and oxygen atoms in total. The lowest BCUT2D eigenvalue weighted by atomic mass is 10.1. The first-order valence-electron chi connectivity index (χ1n) is 7.98. The first-order chi connectivity index (χ1) is 11.4. The largest absolute Gasteiger partial charge is 0.363 e. The van der Waals surface area contributed by atoms with Crippen molar-refractivity contribution in [2.75, 3.05) is 18.0 Å². The highest BCUT2D eigenvalue weighted by atomic mass is 32.2. The number of benzene rings is 2. The summed E-state index contributed by atoms with van der Waals surface area (Å²) in [5.41, 5.74) is 1.09. The first-order valence-corrected chi connectivity index (χ1v) is 9.42. The molecule has 2 unspecified atom stereocenters. The van der Waals surface area contributed by atoms with Crippen LogP contribution in [-0.2, 0) is 10.0 Å². The zero-order valence-electron chi connectivity index (χ0n) is 13.8. The van der Waals surface area contributed by atoms with E-state index in [0.717, 1.165) is 5.69 Å². The van der Waals surface area contributed by atoms with E-state index in [1.807, 2.05) is 44.2 Å². The quantitative estimate of drug-likeness (QED) is 0.856. The molecule has 2 aromatic rings. The Labute approximate surface area is 142 Å². The van der Waals surface area contributed by atoms with E-state index >= 15 is 0 Å². The number of piperazine rings is 1. The predicted octanol–water partition coefficient (Wildman–Crippen LogP) is 3.11. The Morgan fingerprint density at radius 2 is 1.46 bits per heavy atom. The summed E-state index contributed by atoms with van der Waals surface area (Å²) >= 11 is 0. The number of hydrogen-bond donors (Lipinski definition) is 0. The van der Waals surface area contributed by atoms with Gasteiger partial charge in [-0.05, 0) is 50.2 Å². The molecule has 1 saturated heterocycles. The molecule has 0 radical (unpaired) electrons. The average Bonchev–Trinajstić information content (AvgIpc) is 2.55. The molecule has 0 aliphatic carbocycles. The standard InChI is InChI=1S/C18H21FN2O2S/c1-14-12-20(24(22,23)18-10-8-16(19)9-11-18)13-15(2)21(14)17-6-4-3-5-7-17/h3-11,14-15H,12-13H2,1-2H3. The Morgan fingerprint density at radius 3 is 2.00 bits per heavy atom. The zero-order valence-corrected chi connectivity index (χ0v) is 14.6. The van der Waals surface area contributed by atoms with Crippen molar-refractivity contribution in [3.05, 3.63) is 60.4 Å². The van der Waals surface area contributed by atoms with Gasteiger partial charge in [0.15, 0.2) is 0 Å². The van der Waals surface area contributed by atoms with Crippen molar-refractivity contribution in [3.63, 3.8) is 0 Å². The van der Waals surface area contributed by atoms with Crippen LogP contribution in [0.4, 0.5) is 10.1 Å². The lowest BCUT2D eigenvalue weighted by Crippen LogP contribution is -2.58. The van der Waals surface area contributed by atoms with Gasteiger partial charge < -0.3 is 4.90 Å². The average molecular weight is 348 g/mol. The van der Waals surface area contributed by atoms with Gasteiger partial charge in [0, 0.05) is 30.9 Å². The summed E-state index contributed by atoms with van der Waals surface area (Å²) in [6.45, 7) is 4.85. The van der Waals surface area contributed by atoms with E-state index < -0.39 is 15.8 Å². The third-order valence-corrected chi connectivity index (χ3v) is 6.24. The number of nitrogens with zero attached hydrogens (tertiary/aromatic N) is 2. The Kier molecular flexibility index (Phi) is 4.60. The van der Waals surface area contributed by atoms with Crippen molar-refractivity contribution in [1.29, 1.82) is 0 Å². The number of para-hydroxylation sites is 1. The molecular weight excluding hydrogens is 327 g/mol.